The fourth-order valence-corrected chi connectivity index (χ4v) is 6.73. The number of anilines is 1. The molecule has 0 saturated carbocycles. The topological polar surface area (TPSA) is 148 Å². The van der Waals surface area contributed by atoms with Gasteiger partial charge in [0, 0.05) is 29.2 Å². The molecule has 0 spiro atoms. The van der Waals surface area contributed by atoms with Gasteiger partial charge in [0.1, 0.15) is 5.54 Å². The van der Waals surface area contributed by atoms with Crippen molar-refractivity contribution in [2.75, 3.05) is 11.9 Å². The summed E-state index contributed by atoms with van der Waals surface area (Å²) in [7, 11) is -3.72. The van der Waals surface area contributed by atoms with Gasteiger partial charge in [-0.1, -0.05) is 23.8 Å². The second-order valence-corrected chi connectivity index (χ2v) is 13.1. The predicted molar refractivity (Wildman–Crippen MR) is 165 cm³/mol. The van der Waals surface area contributed by atoms with Crippen molar-refractivity contribution in [3.8, 4) is 5.69 Å². The number of sulfonamides is 1. The van der Waals surface area contributed by atoms with Crippen LogP contribution in [-0.4, -0.2) is 48.1 Å². The van der Waals surface area contributed by atoms with Gasteiger partial charge in [-0.3, -0.25) is 9.59 Å². The summed E-state index contributed by atoms with van der Waals surface area (Å²) in [4.78, 5) is 24.8. The third-order valence-electron chi connectivity index (χ3n) is 7.06. The van der Waals surface area contributed by atoms with E-state index >= 15 is 0 Å². The minimum Gasteiger partial charge on any atom is -0.383 e. The number of hydrogen-bond donors (Lipinski definition) is 4. The molecule has 0 aliphatic rings. The van der Waals surface area contributed by atoms with Crippen LogP contribution in [0.5, 0.6) is 0 Å². The maximum absolute atomic E-state index is 13.2. The summed E-state index contributed by atoms with van der Waals surface area (Å²) in [5, 5.41) is 11.5. The average molecular weight is 591 g/mol. The number of fused-ring (bicyclic) bond motifs is 1. The molecule has 5 N–H and O–H groups in total. The van der Waals surface area contributed by atoms with E-state index in [4.69, 9.17) is 5.73 Å². The van der Waals surface area contributed by atoms with Gasteiger partial charge >= 0.3 is 0 Å². The van der Waals surface area contributed by atoms with Crippen molar-refractivity contribution in [1.82, 2.24) is 19.8 Å². The van der Waals surface area contributed by atoms with Crippen LogP contribution in [0.25, 0.3) is 16.6 Å². The van der Waals surface area contributed by atoms with E-state index in [9.17, 15) is 18.0 Å². The van der Waals surface area contributed by atoms with Gasteiger partial charge in [-0.05, 0) is 95.5 Å². The molecule has 42 heavy (non-hydrogen) atoms. The third-order valence-corrected chi connectivity index (χ3v) is 8.95. The quantitative estimate of drug-likeness (QED) is 0.219. The van der Waals surface area contributed by atoms with Crippen molar-refractivity contribution in [3.05, 3.63) is 82.5 Å². The molecule has 222 valence electrons. The molecule has 3 aromatic carbocycles. The van der Waals surface area contributed by atoms with Gasteiger partial charge in [-0.2, -0.15) is 5.10 Å². The van der Waals surface area contributed by atoms with Gasteiger partial charge in [-0.15, -0.1) is 0 Å². The molecule has 2 amide bonds. The Hall–Kier alpha value is -4.22. The molecule has 4 rings (SSSR count). The van der Waals surface area contributed by atoms with Crippen LogP contribution in [-0.2, 0) is 14.8 Å². The summed E-state index contributed by atoms with van der Waals surface area (Å²) < 4.78 is 31.0. The number of amides is 2. The van der Waals surface area contributed by atoms with Gasteiger partial charge in [0.15, 0.2) is 0 Å². The summed E-state index contributed by atoms with van der Waals surface area (Å²) in [6.45, 7) is 12.8. The number of hydrogen-bond acceptors (Lipinski definition) is 6. The Balaban J connectivity index is 1.56. The normalized spacial score (nSPS) is 12.7. The molecule has 1 heterocycles. The van der Waals surface area contributed by atoms with Crippen molar-refractivity contribution < 1.29 is 18.0 Å². The Morgan fingerprint density at radius 2 is 1.64 bits per heavy atom. The van der Waals surface area contributed by atoms with Gasteiger partial charge in [-0.25, -0.2) is 17.8 Å². The largest absolute Gasteiger partial charge is 0.383 e. The molecule has 1 atom stereocenters. The van der Waals surface area contributed by atoms with Crippen LogP contribution < -0.4 is 21.1 Å². The molecule has 0 aliphatic carbocycles. The van der Waals surface area contributed by atoms with Crippen LogP contribution in [0.4, 0.5) is 5.69 Å². The highest BCUT2D eigenvalue weighted by Crippen LogP contribution is 2.28. The fourth-order valence-electron chi connectivity index (χ4n) is 5.03. The maximum Gasteiger partial charge on any atom is 0.252 e. The number of aryl methyl sites for hydroxylation is 4. The first-order chi connectivity index (χ1) is 19.6. The zero-order valence-electron chi connectivity index (χ0n) is 25.0. The van der Waals surface area contributed by atoms with Crippen LogP contribution in [0.3, 0.4) is 0 Å². The zero-order chi connectivity index (χ0) is 31.0. The van der Waals surface area contributed by atoms with Crippen molar-refractivity contribution >= 4 is 38.4 Å². The monoisotopic (exact) mass is 590 g/mol. The number of carbonyl (C=O) groups is 2. The molecule has 0 fully saturated rings. The number of aromatic nitrogens is 2. The summed E-state index contributed by atoms with van der Waals surface area (Å²) in [5.41, 5.74) is 10.3. The molecule has 4 aromatic rings. The summed E-state index contributed by atoms with van der Waals surface area (Å²) in [5.74, 6) is -1.06. The summed E-state index contributed by atoms with van der Waals surface area (Å²) >= 11 is 0. The first-order valence-electron chi connectivity index (χ1n) is 13.6. The average Bonchev–Trinajstić information content (AvgIpc) is 3.29. The molecular weight excluding hydrogens is 552 g/mol. The highest BCUT2D eigenvalue weighted by molar-refractivity contribution is 7.89. The first kappa shape index (κ1) is 30.7. The van der Waals surface area contributed by atoms with Gasteiger partial charge in [0.2, 0.25) is 15.9 Å². The number of carbonyl (C=O) groups excluding carboxylic acids is 2. The van der Waals surface area contributed by atoms with Gasteiger partial charge < -0.3 is 16.4 Å². The third kappa shape index (κ3) is 6.47. The highest BCUT2D eigenvalue weighted by atomic mass is 32.2. The molecule has 10 nitrogen and oxygen atoms in total. The van der Waals surface area contributed by atoms with Gasteiger partial charge in [0.05, 0.1) is 22.3 Å². The zero-order valence-corrected chi connectivity index (χ0v) is 25.8. The van der Waals surface area contributed by atoms with E-state index in [-0.39, 0.29) is 0 Å². The first-order valence-corrected chi connectivity index (χ1v) is 15.1. The van der Waals surface area contributed by atoms with E-state index in [0.717, 1.165) is 27.7 Å². The number of nitrogens with one attached hydrogen (secondary N) is 3. The lowest BCUT2D eigenvalue weighted by Crippen LogP contribution is -2.53. The van der Waals surface area contributed by atoms with E-state index in [0.29, 0.717) is 33.8 Å². The number of nitrogens with zero attached hydrogens (tertiary/aromatic N) is 2. The molecular formula is C31H38N6O4S. The molecule has 0 radical (unpaired) electrons. The van der Waals surface area contributed by atoms with E-state index < -0.39 is 33.4 Å². The van der Waals surface area contributed by atoms with E-state index in [2.05, 4.69) is 20.5 Å². The van der Waals surface area contributed by atoms with Crippen molar-refractivity contribution in [2.24, 2.45) is 5.73 Å². The second kappa shape index (κ2) is 11.6. The molecule has 0 saturated heterocycles. The van der Waals surface area contributed by atoms with Crippen molar-refractivity contribution in [3.63, 3.8) is 0 Å². The Labute approximate surface area is 246 Å². The van der Waals surface area contributed by atoms with E-state index in [1.54, 1.807) is 42.9 Å². The van der Waals surface area contributed by atoms with Crippen LogP contribution in [0.15, 0.2) is 59.6 Å². The smallest absolute Gasteiger partial charge is 0.252 e. The molecule has 0 aliphatic heterocycles. The lowest BCUT2D eigenvalue weighted by Gasteiger charge is -2.22. The van der Waals surface area contributed by atoms with Crippen LogP contribution in [0, 0.1) is 27.7 Å². The Bertz CT molecular complexity index is 1770. The highest BCUT2D eigenvalue weighted by Gasteiger charge is 2.27. The summed E-state index contributed by atoms with van der Waals surface area (Å²) in [6, 6.07) is 14.2. The lowest BCUT2D eigenvalue weighted by atomic mass is 10.0. The van der Waals surface area contributed by atoms with Crippen LogP contribution in [0.2, 0.25) is 0 Å². The minimum atomic E-state index is -3.72. The second-order valence-electron chi connectivity index (χ2n) is 11.4. The summed E-state index contributed by atoms with van der Waals surface area (Å²) in [6.07, 6.45) is 1.73. The van der Waals surface area contributed by atoms with Crippen molar-refractivity contribution in [2.45, 2.75) is 64.9 Å². The minimum absolute atomic E-state index is 0.313. The Morgan fingerprint density at radius 1 is 1.00 bits per heavy atom. The lowest BCUT2D eigenvalue weighted by molar-refractivity contribution is -0.122. The number of benzene rings is 3. The standard InChI is InChI=1S/C31H38N6O4S/c1-18-11-20(3)28(21(4)12-18)42(40,41)36-22(5)16-33-26-13-19(2)14-27-25(26)17-34-37(27)24-10-8-9-23(15-24)29(38)35-31(6,7)30(32)39/h8-15,17,22,33,36H,16H2,1-7H3,(H2,32,39)(H,35,38)/t22-/m0/s1. The maximum atomic E-state index is 13.2. The van der Waals surface area contributed by atoms with Crippen LogP contribution >= 0.6 is 0 Å². The molecule has 0 unspecified atom stereocenters. The number of nitrogens with two attached hydrogens (primary N) is 1. The molecule has 0 bridgehead atoms. The van der Waals surface area contributed by atoms with Crippen molar-refractivity contribution in [1.29, 1.82) is 0 Å². The number of rotatable bonds is 10. The van der Waals surface area contributed by atoms with E-state index in [1.165, 1.54) is 0 Å². The predicted octanol–water partition coefficient (Wildman–Crippen LogP) is 4.03. The van der Waals surface area contributed by atoms with Gasteiger partial charge in [0.25, 0.3) is 5.91 Å². The Kier molecular flexibility index (Phi) is 8.47. The molecule has 11 heteroatoms. The van der Waals surface area contributed by atoms with E-state index in [1.807, 2.05) is 65.0 Å². The van der Waals surface area contributed by atoms with Crippen LogP contribution in [0.1, 0.15) is 53.4 Å². The molecule has 1 aromatic heterocycles. The SMILES string of the molecule is Cc1cc(C)c(S(=O)(=O)N[C@@H](C)CNc2cc(C)cc3c2cnn3-c2cccc(C(=O)NC(C)(C)C(N)=O)c2)c(C)c1. The number of primary amides is 1. The fraction of sp³-hybridized carbons (Fsp3) is 0.323. The Morgan fingerprint density at radius 3 is 2.29 bits per heavy atom.